The second-order valence-electron chi connectivity index (χ2n) is 2.59. The summed E-state index contributed by atoms with van der Waals surface area (Å²) in [5.74, 6) is -0.221. The van der Waals surface area contributed by atoms with Crippen LogP contribution >= 0.6 is 0 Å². The molecular formula is C9H9F3O2. The van der Waals surface area contributed by atoms with Gasteiger partial charge in [-0.3, -0.25) is 0 Å². The van der Waals surface area contributed by atoms with Crippen molar-refractivity contribution in [1.82, 2.24) is 0 Å². The van der Waals surface area contributed by atoms with Crippen LogP contribution in [0.5, 0.6) is 5.75 Å². The number of alkyl halides is 3. The zero-order valence-electron chi connectivity index (χ0n) is 7.47. The highest BCUT2D eigenvalue weighted by Gasteiger charge is 2.31. The summed E-state index contributed by atoms with van der Waals surface area (Å²) in [6.07, 6.45) is -4.66. The minimum atomic E-state index is -4.66. The van der Waals surface area contributed by atoms with Crippen molar-refractivity contribution in [2.45, 2.75) is 13.0 Å². The number of rotatable bonds is 3. The third kappa shape index (κ3) is 3.26. The average Bonchev–Trinajstić information content (AvgIpc) is 2.06. The largest absolute Gasteiger partial charge is 0.573 e. The van der Waals surface area contributed by atoms with Crippen molar-refractivity contribution >= 4 is 0 Å². The molecule has 2 nitrogen and oxygen atoms in total. The summed E-state index contributed by atoms with van der Waals surface area (Å²) in [5.41, 5.74) is 0.368. The van der Waals surface area contributed by atoms with Crippen LogP contribution < -0.4 is 4.74 Å². The summed E-state index contributed by atoms with van der Waals surface area (Å²) in [4.78, 5) is 0. The summed E-state index contributed by atoms with van der Waals surface area (Å²) in [6.45, 7) is 0.0895. The zero-order chi connectivity index (χ0) is 10.6. The van der Waals surface area contributed by atoms with E-state index in [0.717, 1.165) is 0 Å². The summed E-state index contributed by atoms with van der Waals surface area (Å²) < 4.78 is 44.2. The Morgan fingerprint density at radius 2 is 1.86 bits per heavy atom. The van der Waals surface area contributed by atoms with Gasteiger partial charge >= 0.3 is 6.36 Å². The minimum Gasteiger partial charge on any atom is -0.405 e. The third-order valence-corrected chi connectivity index (χ3v) is 1.50. The van der Waals surface area contributed by atoms with Crippen LogP contribution in [0, 0.1) is 0 Å². The lowest BCUT2D eigenvalue weighted by Gasteiger charge is -2.12. The minimum absolute atomic E-state index is 0.0895. The highest BCUT2D eigenvalue weighted by molar-refractivity contribution is 5.32. The smallest absolute Gasteiger partial charge is 0.405 e. The van der Waals surface area contributed by atoms with Crippen LogP contribution in [0.2, 0.25) is 0 Å². The molecule has 0 heterocycles. The van der Waals surface area contributed by atoms with E-state index >= 15 is 0 Å². The summed E-state index contributed by atoms with van der Waals surface area (Å²) >= 11 is 0. The normalized spacial score (nSPS) is 11.4. The lowest BCUT2D eigenvalue weighted by molar-refractivity contribution is -0.275. The zero-order valence-corrected chi connectivity index (χ0v) is 7.47. The first-order valence-electron chi connectivity index (χ1n) is 3.85. The van der Waals surface area contributed by atoms with Crippen molar-refractivity contribution in [1.29, 1.82) is 0 Å². The maximum absolute atomic E-state index is 11.9. The number of para-hydroxylation sites is 1. The van der Waals surface area contributed by atoms with E-state index in [4.69, 9.17) is 4.74 Å². The Kier molecular flexibility index (Phi) is 3.35. The molecule has 0 unspecified atom stereocenters. The molecule has 0 aliphatic carbocycles. The van der Waals surface area contributed by atoms with Gasteiger partial charge in [0, 0.05) is 12.7 Å². The molecule has 0 N–H and O–H groups in total. The Balaban J connectivity index is 2.84. The van der Waals surface area contributed by atoms with E-state index < -0.39 is 6.36 Å². The Morgan fingerprint density at radius 1 is 1.21 bits per heavy atom. The highest BCUT2D eigenvalue weighted by atomic mass is 19.4. The molecule has 5 heteroatoms. The van der Waals surface area contributed by atoms with Gasteiger partial charge in [-0.15, -0.1) is 13.2 Å². The molecule has 0 spiro atoms. The van der Waals surface area contributed by atoms with E-state index in [-0.39, 0.29) is 12.4 Å². The third-order valence-electron chi connectivity index (χ3n) is 1.50. The number of benzene rings is 1. The molecule has 0 aliphatic heterocycles. The van der Waals surface area contributed by atoms with Gasteiger partial charge in [-0.2, -0.15) is 0 Å². The lowest BCUT2D eigenvalue weighted by atomic mass is 10.2. The molecule has 14 heavy (non-hydrogen) atoms. The average molecular weight is 206 g/mol. The van der Waals surface area contributed by atoms with Gasteiger partial charge in [0.1, 0.15) is 5.75 Å². The van der Waals surface area contributed by atoms with Crippen molar-refractivity contribution in [3.05, 3.63) is 29.8 Å². The maximum atomic E-state index is 11.9. The summed E-state index contributed by atoms with van der Waals surface area (Å²) in [7, 11) is 1.41. The fourth-order valence-corrected chi connectivity index (χ4v) is 1.00. The Morgan fingerprint density at radius 3 is 2.43 bits per heavy atom. The van der Waals surface area contributed by atoms with Crippen LogP contribution in [0.3, 0.4) is 0 Å². The molecule has 78 valence electrons. The van der Waals surface area contributed by atoms with Crippen LogP contribution in [-0.4, -0.2) is 13.5 Å². The Bertz CT molecular complexity index is 296. The molecule has 0 radical (unpaired) electrons. The Hall–Kier alpha value is -1.23. The molecule has 1 aromatic carbocycles. The first-order chi connectivity index (χ1) is 6.53. The van der Waals surface area contributed by atoms with E-state index in [2.05, 4.69) is 4.74 Å². The predicted molar refractivity (Wildman–Crippen MR) is 43.8 cm³/mol. The van der Waals surface area contributed by atoms with Gasteiger partial charge in [0.25, 0.3) is 0 Å². The van der Waals surface area contributed by atoms with Gasteiger partial charge in [-0.05, 0) is 6.07 Å². The number of hydrogen-bond acceptors (Lipinski definition) is 2. The monoisotopic (exact) mass is 206 g/mol. The molecular weight excluding hydrogens is 197 g/mol. The quantitative estimate of drug-likeness (QED) is 0.757. The van der Waals surface area contributed by atoms with Crippen molar-refractivity contribution in [3.8, 4) is 5.75 Å². The van der Waals surface area contributed by atoms with Gasteiger partial charge in [-0.1, -0.05) is 18.2 Å². The molecule has 0 bridgehead atoms. The van der Waals surface area contributed by atoms with Crippen LogP contribution in [-0.2, 0) is 11.3 Å². The van der Waals surface area contributed by atoms with E-state index in [1.165, 1.54) is 25.3 Å². The molecule has 0 saturated heterocycles. The van der Waals surface area contributed by atoms with Crippen molar-refractivity contribution in [2.24, 2.45) is 0 Å². The molecule has 0 aliphatic rings. The van der Waals surface area contributed by atoms with Gasteiger partial charge in [-0.25, -0.2) is 0 Å². The van der Waals surface area contributed by atoms with Crippen molar-refractivity contribution in [3.63, 3.8) is 0 Å². The Labute approximate surface area is 79.2 Å². The number of halogens is 3. The van der Waals surface area contributed by atoms with E-state index in [9.17, 15) is 13.2 Å². The standard InChI is InChI=1S/C9H9F3O2/c1-13-6-7-4-2-3-5-8(7)14-9(10,11)12/h2-5H,6H2,1H3. The fraction of sp³-hybridized carbons (Fsp3) is 0.333. The van der Waals surface area contributed by atoms with E-state index in [0.29, 0.717) is 5.56 Å². The van der Waals surface area contributed by atoms with Crippen LogP contribution in [0.15, 0.2) is 24.3 Å². The van der Waals surface area contributed by atoms with E-state index in [1.54, 1.807) is 6.07 Å². The first-order valence-corrected chi connectivity index (χ1v) is 3.85. The molecule has 1 aromatic rings. The van der Waals surface area contributed by atoms with Crippen LogP contribution in [0.4, 0.5) is 13.2 Å². The topological polar surface area (TPSA) is 18.5 Å². The highest BCUT2D eigenvalue weighted by Crippen LogP contribution is 2.26. The molecule has 0 saturated carbocycles. The molecule has 0 atom stereocenters. The number of hydrogen-bond donors (Lipinski definition) is 0. The van der Waals surface area contributed by atoms with Gasteiger partial charge in [0.15, 0.2) is 0 Å². The molecule has 1 rings (SSSR count). The summed E-state index contributed by atoms with van der Waals surface area (Å²) in [6, 6.07) is 5.87. The van der Waals surface area contributed by atoms with Crippen LogP contribution in [0.25, 0.3) is 0 Å². The maximum Gasteiger partial charge on any atom is 0.573 e. The number of methoxy groups -OCH3 is 1. The fourth-order valence-electron chi connectivity index (χ4n) is 1.00. The van der Waals surface area contributed by atoms with Crippen LogP contribution in [0.1, 0.15) is 5.56 Å². The number of ether oxygens (including phenoxy) is 2. The van der Waals surface area contributed by atoms with Gasteiger partial charge in [0.05, 0.1) is 6.61 Å². The SMILES string of the molecule is COCc1ccccc1OC(F)(F)F. The van der Waals surface area contributed by atoms with Gasteiger partial charge in [0.2, 0.25) is 0 Å². The first kappa shape index (κ1) is 10.8. The summed E-state index contributed by atoms with van der Waals surface area (Å²) in [5, 5.41) is 0. The van der Waals surface area contributed by atoms with E-state index in [1.807, 2.05) is 0 Å². The molecule has 0 fully saturated rings. The molecule has 0 aromatic heterocycles. The van der Waals surface area contributed by atoms with Crippen molar-refractivity contribution < 1.29 is 22.6 Å². The van der Waals surface area contributed by atoms with Gasteiger partial charge < -0.3 is 9.47 Å². The second kappa shape index (κ2) is 4.32. The second-order valence-corrected chi connectivity index (χ2v) is 2.59. The molecule has 0 amide bonds. The van der Waals surface area contributed by atoms with Crippen molar-refractivity contribution in [2.75, 3.05) is 7.11 Å². The predicted octanol–water partition coefficient (Wildman–Crippen LogP) is 2.73. The lowest BCUT2D eigenvalue weighted by Crippen LogP contribution is -2.18.